The molecule has 1 aromatic rings. The van der Waals surface area contributed by atoms with Gasteiger partial charge in [0.1, 0.15) is 11.6 Å². The van der Waals surface area contributed by atoms with Crippen LogP contribution in [0.1, 0.15) is 60.8 Å². The fourth-order valence-electron chi connectivity index (χ4n) is 2.74. The minimum absolute atomic E-state index is 0.0208. The second kappa shape index (κ2) is 15.7. The van der Waals surface area contributed by atoms with Crippen LogP contribution in [0.3, 0.4) is 0 Å². The van der Waals surface area contributed by atoms with Crippen molar-refractivity contribution in [3.8, 4) is 0 Å². The lowest BCUT2D eigenvalue weighted by Crippen LogP contribution is -2.42. The Morgan fingerprint density at radius 2 is 1.94 bits per heavy atom. The Labute approximate surface area is 213 Å². The molecule has 0 fully saturated rings. The molecular weight excluding hydrogens is 472 g/mol. The van der Waals surface area contributed by atoms with E-state index in [1.807, 2.05) is 59.7 Å². The second-order valence-corrected chi connectivity index (χ2v) is 12.4. The van der Waals surface area contributed by atoms with Gasteiger partial charge in [0.25, 0.3) is 0 Å². The summed E-state index contributed by atoms with van der Waals surface area (Å²) in [7, 11) is 3.39. The number of allylic oxidation sites excluding steroid dienone is 1. The molecule has 0 aliphatic heterocycles. The first kappa shape index (κ1) is 30.8. The van der Waals surface area contributed by atoms with E-state index in [0.717, 1.165) is 23.0 Å². The molecule has 7 nitrogen and oxygen atoms in total. The summed E-state index contributed by atoms with van der Waals surface area (Å²) in [4.78, 5) is 16.5. The van der Waals surface area contributed by atoms with Crippen molar-refractivity contribution in [2.75, 3.05) is 25.5 Å². The van der Waals surface area contributed by atoms with Gasteiger partial charge in [-0.2, -0.15) is 0 Å². The van der Waals surface area contributed by atoms with E-state index in [2.05, 4.69) is 16.9 Å². The van der Waals surface area contributed by atoms with Crippen LogP contribution in [-0.4, -0.2) is 59.6 Å². The maximum Gasteiger partial charge on any atom is 0.305 e. The van der Waals surface area contributed by atoms with Crippen molar-refractivity contribution in [1.82, 2.24) is 10.3 Å². The molecule has 0 amide bonds. The summed E-state index contributed by atoms with van der Waals surface area (Å²) in [6, 6.07) is 5.87. The van der Waals surface area contributed by atoms with E-state index in [-0.39, 0.29) is 31.0 Å². The van der Waals surface area contributed by atoms with Gasteiger partial charge in [-0.3, -0.25) is 4.79 Å². The van der Waals surface area contributed by atoms with Gasteiger partial charge in [0.05, 0.1) is 18.3 Å². The highest BCUT2D eigenvalue weighted by Gasteiger charge is 2.30. The number of aromatic nitrogens is 1. The molecule has 9 heteroatoms. The molecule has 0 saturated carbocycles. The lowest BCUT2D eigenvalue weighted by Gasteiger charge is -2.35. The molecular formula is C25H42N2O5S2. The quantitative estimate of drug-likeness (QED) is 0.134. The Balaban J connectivity index is 2.27. The van der Waals surface area contributed by atoms with Crippen LogP contribution in [0.15, 0.2) is 41.7 Å². The van der Waals surface area contributed by atoms with Gasteiger partial charge in [-0.1, -0.05) is 44.2 Å². The Morgan fingerprint density at radius 1 is 1.21 bits per heavy atom. The highest BCUT2D eigenvalue weighted by atomic mass is 33.1. The third-order valence-corrected chi connectivity index (χ3v) is 6.78. The Bertz CT molecular complexity index is 720. The molecule has 2 atom stereocenters. The smallest absolute Gasteiger partial charge is 0.305 e. The van der Waals surface area contributed by atoms with Crippen molar-refractivity contribution < 1.29 is 24.1 Å². The van der Waals surface area contributed by atoms with Crippen LogP contribution < -0.4 is 5.32 Å². The lowest BCUT2D eigenvalue weighted by atomic mass is 9.89. The number of aliphatic hydroxyl groups is 1. The number of hydrogen-bond acceptors (Lipinski definition) is 9. The van der Waals surface area contributed by atoms with Crippen LogP contribution in [0.5, 0.6) is 0 Å². The minimum atomic E-state index is -0.751. The van der Waals surface area contributed by atoms with Gasteiger partial charge >= 0.3 is 5.97 Å². The summed E-state index contributed by atoms with van der Waals surface area (Å²) >= 11 is 0. The molecule has 1 aromatic heterocycles. The van der Waals surface area contributed by atoms with Gasteiger partial charge in [-0.05, 0) is 62.0 Å². The zero-order chi connectivity index (χ0) is 25.6. The summed E-state index contributed by atoms with van der Waals surface area (Å²) in [5.41, 5.74) is 0.151. The maximum absolute atomic E-state index is 12.2. The fourth-order valence-corrected chi connectivity index (χ4v) is 4.52. The summed E-state index contributed by atoms with van der Waals surface area (Å²) in [5, 5.41) is 14.0. The number of carbonyl (C=O) groups is 1. The molecule has 0 aliphatic rings. The number of carbonyl (C=O) groups excluding carboxylic acids is 1. The summed E-state index contributed by atoms with van der Waals surface area (Å²) in [6.45, 7) is 16.3. The Kier molecular flexibility index (Phi) is 14.2. The van der Waals surface area contributed by atoms with Crippen molar-refractivity contribution in [3.63, 3.8) is 0 Å². The van der Waals surface area contributed by atoms with Crippen molar-refractivity contribution in [3.05, 3.63) is 36.7 Å². The van der Waals surface area contributed by atoms with Crippen LogP contribution in [0, 0.1) is 5.41 Å². The van der Waals surface area contributed by atoms with E-state index in [0.29, 0.717) is 12.8 Å². The number of nitrogens with one attached hydrogen (secondary N) is 1. The van der Waals surface area contributed by atoms with E-state index in [9.17, 15) is 9.90 Å². The van der Waals surface area contributed by atoms with Crippen molar-refractivity contribution in [2.24, 2.45) is 5.41 Å². The molecule has 0 aromatic carbocycles. The summed E-state index contributed by atoms with van der Waals surface area (Å²) < 4.78 is 17.3. The van der Waals surface area contributed by atoms with Crippen LogP contribution in [-0.2, 0) is 19.0 Å². The molecule has 0 radical (unpaired) electrons. The van der Waals surface area contributed by atoms with Crippen LogP contribution in [0.25, 0.3) is 0 Å². The van der Waals surface area contributed by atoms with Gasteiger partial charge in [-0.25, -0.2) is 4.98 Å². The number of rotatable bonds is 16. The number of ether oxygens (including phenoxy) is 3. The Morgan fingerprint density at radius 3 is 2.53 bits per heavy atom. The maximum atomic E-state index is 12.2. The number of hydrogen-bond donors (Lipinski definition) is 2. The highest BCUT2D eigenvalue weighted by Crippen LogP contribution is 2.28. The average Bonchev–Trinajstić information content (AvgIpc) is 2.74. The minimum Gasteiger partial charge on any atom is -0.460 e. The summed E-state index contributed by atoms with van der Waals surface area (Å²) in [5.74, 6) is 0.610. The lowest BCUT2D eigenvalue weighted by molar-refractivity contribution is -0.251. The molecule has 2 N–H and O–H groups in total. The van der Waals surface area contributed by atoms with Gasteiger partial charge in [0, 0.05) is 30.6 Å². The van der Waals surface area contributed by atoms with Crippen molar-refractivity contribution in [1.29, 1.82) is 0 Å². The van der Waals surface area contributed by atoms with E-state index in [1.165, 1.54) is 0 Å². The monoisotopic (exact) mass is 514 g/mol. The van der Waals surface area contributed by atoms with Gasteiger partial charge < -0.3 is 24.6 Å². The molecule has 194 valence electrons. The molecule has 0 aliphatic carbocycles. The van der Waals surface area contributed by atoms with E-state index < -0.39 is 18.0 Å². The predicted octanol–water partition coefficient (Wildman–Crippen LogP) is 5.20. The largest absolute Gasteiger partial charge is 0.460 e. The number of nitrogens with zero attached hydrogens (tertiary/aromatic N) is 1. The Hall–Kier alpha value is -1.26. The molecule has 0 bridgehead atoms. The molecule has 34 heavy (non-hydrogen) atoms. The zero-order valence-corrected chi connectivity index (χ0v) is 23.1. The van der Waals surface area contributed by atoms with Crippen molar-refractivity contribution in [2.45, 2.75) is 83.8 Å². The molecule has 2 unspecified atom stereocenters. The summed E-state index contributed by atoms with van der Waals surface area (Å²) in [6.07, 6.45) is 2.23. The SMILES string of the molecule is C=C(CCCC(=O)OCC(OC(CO)C(C)(C)C)OC(C)(C)C)NCCSSc1ccccn1. The number of pyridine rings is 1. The standard InChI is InChI=1S/C25H42N2O5S2/c1-19(26-15-16-33-34-21-12-8-9-14-27-21)11-10-13-22(29)30-18-23(32-25(5,6)7)31-20(17-28)24(2,3)4/h8-9,12,14,20,23,26,28H,1,10-11,13,15-18H2,2-7H3. The van der Waals surface area contributed by atoms with Gasteiger partial charge in [-0.15, -0.1) is 0 Å². The third kappa shape index (κ3) is 14.9. The van der Waals surface area contributed by atoms with Crippen LogP contribution >= 0.6 is 21.6 Å². The van der Waals surface area contributed by atoms with E-state index >= 15 is 0 Å². The van der Waals surface area contributed by atoms with Crippen LogP contribution in [0.2, 0.25) is 0 Å². The normalized spacial score (nSPS) is 13.9. The zero-order valence-electron chi connectivity index (χ0n) is 21.5. The molecule has 1 heterocycles. The van der Waals surface area contributed by atoms with E-state index in [4.69, 9.17) is 14.2 Å². The first-order valence-electron chi connectivity index (χ1n) is 11.6. The van der Waals surface area contributed by atoms with Crippen LogP contribution in [0.4, 0.5) is 0 Å². The first-order chi connectivity index (χ1) is 15.9. The van der Waals surface area contributed by atoms with Crippen molar-refractivity contribution >= 4 is 27.6 Å². The van der Waals surface area contributed by atoms with Gasteiger partial charge in [0.2, 0.25) is 0 Å². The highest BCUT2D eigenvalue weighted by molar-refractivity contribution is 8.76. The number of esters is 1. The topological polar surface area (TPSA) is 89.9 Å². The molecule has 0 saturated heterocycles. The molecule has 0 spiro atoms. The van der Waals surface area contributed by atoms with Gasteiger partial charge in [0.15, 0.2) is 6.29 Å². The molecule has 1 rings (SSSR count). The first-order valence-corrected chi connectivity index (χ1v) is 13.9. The van der Waals surface area contributed by atoms with E-state index in [1.54, 1.807) is 27.8 Å². The second-order valence-electron chi connectivity index (χ2n) is 9.97. The average molecular weight is 515 g/mol. The number of aliphatic hydroxyl groups excluding tert-OH is 1. The fraction of sp³-hybridized carbons (Fsp3) is 0.680. The third-order valence-electron chi connectivity index (χ3n) is 4.52. The predicted molar refractivity (Wildman–Crippen MR) is 141 cm³/mol.